The second-order valence-corrected chi connectivity index (χ2v) is 4.13. The second kappa shape index (κ2) is 4.61. The number of carbonyl (C=O) groups is 1. The first-order chi connectivity index (χ1) is 7.31. The Morgan fingerprint density at radius 1 is 1.50 bits per heavy atom. The first-order valence-electron chi connectivity index (χ1n) is 5.31. The second-order valence-electron chi connectivity index (χ2n) is 4.13. The van der Waals surface area contributed by atoms with Crippen molar-refractivity contribution in [3.63, 3.8) is 0 Å². The van der Waals surface area contributed by atoms with Gasteiger partial charge in [0.1, 0.15) is 5.54 Å². The van der Waals surface area contributed by atoms with E-state index in [0.717, 1.165) is 0 Å². The lowest BCUT2D eigenvalue weighted by Crippen LogP contribution is -2.49. The van der Waals surface area contributed by atoms with Crippen LogP contribution in [0.15, 0.2) is 0 Å². The molecule has 94 valence electrons. The Hall–Kier alpha value is -0.780. The molecule has 3 nitrogen and oxygen atoms in total. The minimum atomic E-state index is -4.24. The zero-order valence-corrected chi connectivity index (χ0v) is 9.36. The van der Waals surface area contributed by atoms with Gasteiger partial charge in [0.2, 0.25) is 0 Å². The molecule has 1 atom stereocenters. The van der Waals surface area contributed by atoms with Crippen LogP contribution >= 0.6 is 0 Å². The molecule has 0 saturated heterocycles. The van der Waals surface area contributed by atoms with Crippen LogP contribution in [0.5, 0.6) is 0 Å². The maximum atomic E-state index is 12.6. The first-order valence-corrected chi connectivity index (χ1v) is 5.31. The van der Waals surface area contributed by atoms with Crippen LogP contribution in [0.4, 0.5) is 13.2 Å². The molecule has 1 fully saturated rings. The summed E-state index contributed by atoms with van der Waals surface area (Å²) in [6.07, 6.45) is -4.10. The fourth-order valence-corrected chi connectivity index (χ4v) is 1.63. The number of esters is 1. The van der Waals surface area contributed by atoms with Crippen molar-refractivity contribution in [2.24, 2.45) is 0 Å². The Kier molecular flexibility index (Phi) is 3.83. The Morgan fingerprint density at radius 2 is 2.06 bits per heavy atom. The number of hydrogen-bond donors (Lipinski definition) is 1. The van der Waals surface area contributed by atoms with E-state index < -0.39 is 23.7 Å². The van der Waals surface area contributed by atoms with Crippen LogP contribution in [-0.4, -0.2) is 30.3 Å². The molecule has 16 heavy (non-hydrogen) atoms. The molecule has 0 aromatic carbocycles. The third-order valence-corrected chi connectivity index (χ3v) is 2.59. The maximum Gasteiger partial charge on any atom is 0.406 e. The zero-order valence-electron chi connectivity index (χ0n) is 9.36. The van der Waals surface area contributed by atoms with Gasteiger partial charge in [-0.2, -0.15) is 13.2 Å². The summed E-state index contributed by atoms with van der Waals surface area (Å²) >= 11 is 0. The molecule has 1 saturated carbocycles. The molecule has 0 aliphatic heterocycles. The molecule has 1 N–H and O–H groups in total. The Morgan fingerprint density at radius 3 is 2.44 bits per heavy atom. The fraction of sp³-hybridized carbons (Fsp3) is 0.900. The van der Waals surface area contributed by atoms with E-state index in [4.69, 9.17) is 0 Å². The lowest BCUT2D eigenvalue weighted by molar-refractivity contribution is -0.168. The molecule has 1 unspecified atom stereocenters. The van der Waals surface area contributed by atoms with Crippen molar-refractivity contribution in [3.8, 4) is 0 Å². The normalized spacial score (nSPS) is 20.3. The van der Waals surface area contributed by atoms with E-state index >= 15 is 0 Å². The number of ether oxygens (including phenoxy) is 1. The quantitative estimate of drug-likeness (QED) is 0.746. The maximum absolute atomic E-state index is 12.6. The average Bonchev–Trinajstić information content (AvgIpc) is 2.83. The summed E-state index contributed by atoms with van der Waals surface area (Å²) in [6.45, 7) is 3.47. The summed E-state index contributed by atoms with van der Waals surface area (Å²) in [7, 11) is 0. The zero-order chi connectivity index (χ0) is 12.4. The van der Waals surface area contributed by atoms with Crippen molar-refractivity contribution in [2.75, 3.05) is 6.61 Å². The van der Waals surface area contributed by atoms with Gasteiger partial charge in [-0.1, -0.05) is 0 Å². The number of carbonyl (C=O) groups excluding carboxylic acids is 1. The highest BCUT2D eigenvalue weighted by Crippen LogP contribution is 2.49. The lowest BCUT2D eigenvalue weighted by atomic mass is 10.1. The number of rotatable bonds is 5. The summed E-state index contributed by atoms with van der Waals surface area (Å²) in [5.74, 6) is -0.472. The molecule has 1 aliphatic rings. The van der Waals surface area contributed by atoms with E-state index in [1.807, 2.05) is 0 Å². The standard InChI is InChI=1S/C10H16F3NO2/c1-3-16-8(15)6-7(2)14-9(4-5-9)10(11,12)13/h7,14H,3-6H2,1-2H3. The van der Waals surface area contributed by atoms with Crippen LogP contribution in [-0.2, 0) is 9.53 Å². The molecule has 0 spiro atoms. The van der Waals surface area contributed by atoms with Crippen molar-refractivity contribution in [1.29, 1.82) is 0 Å². The van der Waals surface area contributed by atoms with Gasteiger partial charge in [-0.3, -0.25) is 4.79 Å². The molecule has 0 aromatic rings. The summed E-state index contributed by atoms with van der Waals surface area (Å²) in [5, 5.41) is 2.47. The Bertz CT molecular complexity index is 261. The SMILES string of the molecule is CCOC(=O)CC(C)NC1(C(F)(F)F)CC1. The smallest absolute Gasteiger partial charge is 0.406 e. The highest BCUT2D eigenvalue weighted by Gasteiger charge is 2.63. The summed E-state index contributed by atoms with van der Waals surface area (Å²) in [4.78, 5) is 11.1. The molecule has 0 aromatic heterocycles. The number of alkyl halides is 3. The molecule has 1 rings (SSSR count). The van der Waals surface area contributed by atoms with Crippen molar-refractivity contribution in [3.05, 3.63) is 0 Å². The summed E-state index contributed by atoms with van der Waals surface area (Å²) < 4.78 is 42.4. The van der Waals surface area contributed by atoms with Crippen LogP contribution in [0.2, 0.25) is 0 Å². The molecular formula is C10H16F3NO2. The van der Waals surface area contributed by atoms with Gasteiger partial charge in [-0.05, 0) is 26.7 Å². The van der Waals surface area contributed by atoms with Crippen molar-refractivity contribution in [1.82, 2.24) is 5.32 Å². The Balaban J connectivity index is 2.40. The summed E-state index contributed by atoms with van der Waals surface area (Å²) in [5.41, 5.74) is -1.76. The third kappa shape index (κ3) is 3.10. The van der Waals surface area contributed by atoms with Crippen molar-refractivity contribution >= 4 is 5.97 Å². The highest BCUT2D eigenvalue weighted by molar-refractivity contribution is 5.70. The van der Waals surface area contributed by atoms with Gasteiger partial charge in [0.25, 0.3) is 0 Å². The van der Waals surface area contributed by atoms with E-state index in [0.29, 0.717) is 0 Å². The topological polar surface area (TPSA) is 38.3 Å². The molecule has 0 amide bonds. The van der Waals surface area contributed by atoms with E-state index in [1.54, 1.807) is 13.8 Å². The van der Waals surface area contributed by atoms with E-state index in [2.05, 4.69) is 10.1 Å². The minimum absolute atomic E-state index is 0.0360. The van der Waals surface area contributed by atoms with E-state index in [-0.39, 0.29) is 25.9 Å². The summed E-state index contributed by atoms with van der Waals surface area (Å²) in [6, 6.07) is -0.525. The molecular weight excluding hydrogens is 223 g/mol. The molecule has 6 heteroatoms. The van der Waals surface area contributed by atoms with Crippen LogP contribution in [0.1, 0.15) is 33.1 Å². The van der Waals surface area contributed by atoms with Crippen molar-refractivity contribution < 1.29 is 22.7 Å². The predicted octanol–water partition coefficient (Wildman–Crippen LogP) is 2.01. The van der Waals surface area contributed by atoms with Gasteiger partial charge in [-0.15, -0.1) is 0 Å². The van der Waals surface area contributed by atoms with Gasteiger partial charge >= 0.3 is 12.1 Å². The first kappa shape index (κ1) is 13.3. The molecule has 0 radical (unpaired) electrons. The van der Waals surface area contributed by atoms with E-state index in [9.17, 15) is 18.0 Å². The van der Waals surface area contributed by atoms with Crippen molar-refractivity contribution in [2.45, 2.75) is 50.9 Å². The fourth-order valence-electron chi connectivity index (χ4n) is 1.63. The molecule has 0 bridgehead atoms. The van der Waals surface area contributed by atoms with Gasteiger partial charge in [0.05, 0.1) is 13.0 Å². The third-order valence-electron chi connectivity index (χ3n) is 2.59. The van der Waals surface area contributed by atoms with Crippen LogP contribution < -0.4 is 5.32 Å². The number of nitrogens with one attached hydrogen (secondary N) is 1. The predicted molar refractivity (Wildman–Crippen MR) is 51.9 cm³/mol. The molecule has 1 aliphatic carbocycles. The van der Waals surface area contributed by atoms with Crippen LogP contribution in [0.25, 0.3) is 0 Å². The van der Waals surface area contributed by atoms with E-state index in [1.165, 1.54) is 0 Å². The molecule has 0 heterocycles. The number of halogens is 3. The lowest BCUT2D eigenvalue weighted by Gasteiger charge is -2.24. The minimum Gasteiger partial charge on any atom is -0.466 e. The van der Waals surface area contributed by atoms with Gasteiger partial charge in [0.15, 0.2) is 0 Å². The van der Waals surface area contributed by atoms with Gasteiger partial charge in [0, 0.05) is 6.04 Å². The van der Waals surface area contributed by atoms with Gasteiger partial charge in [-0.25, -0.2) is 0 Å². The van der Waals surface area contributed by atoms with Crippen LogP contribution in [0, 0.1) is 0 Å². The Labute approximate surface area is 92.3 Å². The van der Waals surface area contributed by atoms with Crippen LogP contribution in [0.3, 0.4) is 0 Å². The average molecular weight is 239 g/mol. The monoisotopic (exact) mass is 239 g/mol. The van der Waals surface area contributed by atoms with Gasteiger partial charge < -0.3 is 10.1 Å². The highest BCUT2D eigenvalue weighted by atomic mass is 19.4. The number of hydrogen-bond acceptors (Lipinski definition) is 3. The largest absolute Gasteiger partial charge is 0.466 e.